The molecule has 0 aliphatic rings. The van der Waals surface area contributed by atoms with Crippen molar-refractivity contribution >= 4 is 21.8 Å². The molecule has 0 N–H and O–H groups in total. The lowest BCUT2D eigenvalue weighted by Crippen LogP contribution is -2.03. The molecular weight excluding hydrogens is 625 g/mol. The predicted octanol–water partition coefficient (Wildman–Crippen LogP) is 10.6. The molecule has 0 unspecified atom stereocenters. The normalized spacial score (nSPS) is 11.1. The van der Waals surface area contributed by atoms with E-state index in [2.05, 4.69) is 103 Å². The average molecular weight is 653 g/mol. The lowest BCUT2D eigenvalue weighted by Gasteiger charge is -2.26. The molecule has 6 nitrogen and oxygen atoms in total. The Balaban J connectivity index is 1.48. The van der Waals surface area contributed by atoms with Gasteiger partial charge in [-0.3, -0.25) is 19.9 Å². The van der Waals surface area contributed by atoms with Gasteiger partial charge in [-0.2, -0.15) is 5.26 Å². The topological polar surface area (TPSA) is 80.3 Å². The number of nitriles is 1. The van der Waals surface area contributed by atoms with Crippen LogP contribution in [0.5, 0.6) is 0 Å². The van der Waals surface area contributed by atoms with Gasteiger partial charge in [0.2, 0.25) is 0 Å². The highest BCUT2D eigenvalue weighted by Gasteiger charge is 2.28. The van der Waals surface area contributed by atoms with Crippen LogP contribution >= 0.6 is 0 Å². The van der Waals surface area contributed by atoms with Crippen LogP contribution in [0.1, 0.15) is 5.56 Å². The minimum atomic E-state index is 0.563. The Morgan fingerprint density at radius 3 is 1.22 bits per heavy atom. The van der Waals surface area contributed by atoms with Gasteiger partial charge in [0.1, 0.15) is 6.07 Å². The first-order chi connectivity index (χ1) is 25.3. The highest BCUT2D eigenvalue weighted by atomic mass is 15.0. The maximum Gasteiger partial charge on any atom is 0.100 e. The molecule has 5 aromatic heterocycles. The van der Waals surface area contributed by atoms with Crippen molar-refractivity contribution in [1.82, 2.24) is 24.5 Å². The van der Waals surface area contributed by atoms with E-state index in [9.17, 15) is 5.26 Å². The second kappa shape index (κ2) is 12.7. The van der Waals surface area contributed by atoms with Gasteiger partial charge in [0.05, 0.1) is 16.6 Å². The largest absolute Gasteiger partial charge is 0.309 e. The molecule has 5 heterocycles. The summed E-state index contributed by atoms with van der Waals surface area (Å²) in [7, 11) is 0. The zero-order chi connectivity index (χ0) is 34.1. The Bertz CT molecular complexity index is 2580. The second-order valence-electron chi connectivity index (χ2n) is 12.2. The fourth-order valence-corrected chi connectivity index (χ4v) is 7.38. The molecule has 4 aromatic carbocycles. The molecule has 51 heavy (non-hydrogen) atoms. The Hall–Kier alpha value is -7.23. The lowest BCUT2D eigenvalue weighted by molar-refractivity contribution is 1.18. The van der Waals surface area contributed by atoms with Crippen molar-refractivity contribution in [2.75, 3.05) is 0 Å². The van der Waals surface area contributed by atoms with Gasteiger partial charge < -0.3 is 4.57 Å². The van der Waals surface area contributed by atoms with Crippen LogP contribution < -0.4 is 0 Å². The number of hydrogen-bond donors (Lipinski definition) is 0. The van der Waals surface area contributed by atoms with Gasteiger partial charge in [0.25, 0.3) is 0 Å². The molecule has 0 radical (unpaired) electrons. The van der Waals surface area contributed by atoms with E-state index in [1.54, 1.807) is 49.6 Å². The number of nitrogens with zero attached hydrogens (tertiary/aromatic N) is 6. The first-order valence-corrected chi connectivity index (χ1v) is 16.7. The standard InChI is InChI=1S/C45H28N6/c46-29-38-41(30-12-20-47-21-13-30)43(32-16-24-49-25-17-32)45(44(33-18-26-50-27-19-33)42(38)31-14-22-48-23-15-31)34-6-5-7-35(28-34)51-39-10-3-1-8-36(39)37-9-2-4-11-40(37)51/h1-28H. The Kier molecular flexibility index (Phi) is 7.42. The highest BCUT2D eigenvalue weighted by molar-refractivity contribution is 6.11. The molecule has 0 fully saturated rings. The van der Waals surface area contributed by atoms with E-state index >= 15 is 0 Å². The summed E-state index contributed by atoms with van der Waals surface area (Å²) in [6.07, 6.45) is 14.3. The molecule has 9 rings (SSSR count). The number of rotatable bonds is 6. The second-order valence-corrected chi connectivity index (χ2v) is 12.2. The van der Waals surface area contributed by atoms with Crippen LogP contribution in [0, 0.1) is 11.3 Å². The van der Waals surface area contributed by atoms with Crippen LogP contribution in [0.2, 0.25) is 0 Å². The van der Waals surface area contributed by atoms with Crippen molar-refractivity contribution in [1.29, 1.82) is 5.26 Å². The average Bonchev–Trinajstić information content (AvgIpc) is 3.55. The van der Waals surface area contributed by atoms with Gasteiger partial charge in [0.15, 0.2) is 0 Å². The number of fused-ring (bicyclic) bond motifs is 3. The minimum Gasteiger partial charge on any atom is -0.309 e. The number of pyridine rings is 4. The van der Waals surface area contributed by atoms with Gasteiger partial charge in [-0.15, -0.1) is 0 Å². The molecule has 238 valence electrons. The summed E-state index contributed by atoms with van der Waals surface area (Å²) in [5, 5.41) is 13.6. The van der Waals surface area contributed by atoms with E-state index in [1.807, 2.05) is 48.5 Å². The van der Waals surface area contributed by atoms with Gasteiger partial charge >= 0.3 is 0 Å². The predicted molar refractivity (Wildman–Crippen MR) is 204 cm³/mol. The van der Waals surface area contributed by atoms with E-state index in [0.717, 1.165) is 72.4 Å². The maximum absolute atomic E-state index is 11.2. The molecule has 0 atom stereocenters. The lowest BCUT2D eigenvalue weighted by atomic mass is 9.76. The van der Waals surface area contributed by atoms with E-state index in [0.29, 0.717) is 5.56 Å². The third-order valence-electron chi connectivity index (χ3n) is 9.46. The Labute approximate surface area is 294 Å². The molecule has 0 saturated heterocycles. The number of hydrogen-bond acceptors (Lipinski definition) is 5. The summed E-state index contributed by atoms with van der Waals surface area (Å²) in [6, 6.07) is 44.4. The Morgan fingerprint density at radius 1 is 0.392 bits per heavy atom. The highest BCUT2D eigenvalue weighted by Crippen LogP contribution is 2.52. The van der Waals surface area contributed by atoms with Crippen molar-refractivity contribution in [3.63, 3.8) is 0 Å². The van der Waals surface area contributed by atoms with E-state index in [1.165, 1.54) is 10.8 Å². The zero-order valence-corrected chi connectivity index (χ0v) is 27.3. The molecule has 0 aliphatic heterocycles. The van der Waals surface area contributed by atoms with Crippen molar-refractivity contribution in [3.05, 3.63) is 176 Å². The van der Waals surface area contributed by atoms with Crippen LogP contribution in [0.3, 0.4) is 0 Å². The summed E-state index contributed by atoms with van der Waals surface area (Å²) in [6.45, 7) is 0. The van der Waals surface area contributed by atoms with E-state index in [-0.39, 0.29) is 0 Å². The molecule has 0 bridgehead atoms. The zero-order valence-electron chi connectivity index (χ0n) is 27.3. The molecule has 0 spiro atoms. The molecular formula is C45H28N6. The van der Waals surface area contributed by atoms with E-state index in [4.69, 9.17) is 0 Å². The SMILES string of the molecule is N#Cc1c(-c2ccncc2)c(-c2ccncc2)c(-c2cccc(-n3c4ccccc4c4ccccc43)c2)c(-c2ccncc2)c1-c1ccncc1. The minimum absolute atomic E-state index is 0.563. The van der Waals surface area contributed by atoms with Crippen LogP contribution in [0.4, 0.5) is 0 Å². The summed E-state index contributed by atoms with van der Waals surface area (Å²) < 4.78 is 2.34. The number of benzene rings is 4. The van der Waals surface area contributed by atoms with Crippen molar-refractivity contribution in [2.45, 2.75) is 0 Å². The molecule has 0 saturated carbocycles. The number of para-hydroxylation sites is 2. The number of aromatic nitrogens is 5. The van der Waals surface area contributed by atoms with Crippen LogP contribution in [0.25, 0.3) is 83.1 Å². The van der Waals surface area contributed by atoms with E-state index < -0.39 is 0 Å². The summed E-state index contributed by atoms with van der Waals surface area (Å²) in [4.78, 5) is 17.4. The van der Waals surface area contributed by atoms with Crippen molar-refractivity contribution in [2.24, 2.45) is 0 Å². The van der Waals surface area contributed by atoms with Crippen molar-refractivity contribution < 1.29 is 0 Å². The van der Waals surface area contributed by atoms with Gasteiger partial charge in [0, 0.05) is 77.2 Å². The van der Waals surface area contributed by atoms with Crippen LogP contribution in [-0.4, -0.2) is 24.5 Å². The van der Waals surface area contributed by atoms with Gasteiger partial charge in [-0.05, 0) is 117 Å². The van der Waals surface area contributed by atoms with Crippen LogP contribution in [0.15, 0.2) is 171 Å². The smallest absolute Gasteiger partial charge is 0.100 e. The Morgan fingerprint density at radius 2 is 0.784 bits per heavy atom. The van der Waals surface area contributed by atoms with Gasteiger partial charge in [-0.1, -0.05) is 48.5 Å². The fraction of sp³-hybridized carbons (Fsp3) is 0. The quantitative estimate of drug-likeness (QED) is 0.179. The fourth-order valence-electron chi connectivity index (χ4n) is 7.38. The van der Waals surface area contributed by atoms with Crippen LogP contribution in [-0.2, 0) is 0 Å². The maximum atomic E-state index is 11.2. The summed E-state index contributed by atoms with van der Waals surface area (Å²) >= 11 is 0. The molecule has 0 aliphatic carbocycles. The first-order valence-electron chi connectivity index (χ1n) is 16.7. The molecule has 6 heteroatoms. The van der Waals surface area contributed by atoms with Gasteiger partial charge in [-0.25, -0.2) is 0 Å². The summed E-state index contributed by atoms with van der Waals surface area (Å²) in [5.74, 6) is 0. The first kappa shape index (κ1) is 29.9. The monoisotopic (exact) mass is 652 g/mol. The third kappa shape index (κ3) is 5.04. The molecule has 9 aromatic rings. The third-order valence-corrected chi connectivity index (χ3v) is 9.46. The summed E-state index contributed by atoms with van der Waals surface area (Å²) in [5.41, 5.74) is 13.1. The van der Waals surface area contributed by atoms with Crippen molar-refractivity contribution in [3.8, 4) is 67.4 Å². The molecule has 0 amide bonds.